The highest BCUT2D eigenvalue weighted by Gasteiger charge is 2.38. The number of ether oxygens (including phenoxy) is 2. The fraction of sp³-hybridized carbons (Fsp3) is 0.463. The monoisotopic (exact) mass is 701 g/mol. The predicted octanol–water partition coefficient (Wildman–Crippen LogP) is 6.83. The molecule has 3 aromatic carbocycles. The first-order valence-electron chi connectivity index (χ1n) is 17.7. The third-order valence-corrected chi connectivity index (χ3v) is 7.96. The zero-order valence-electron chi connectivity index (χ0n) is 31.3. The van der Waals surface area contributed by atoms with E-state index in [1.807, 2.05) is 68.4 Å². The highest BCUT2D eigenvalue weighted by Crippen LogP contribution is 2.26. The number of unbranched alkanes of at least 4 members (excludes halogenated alkanes) is 1. The second-order valence-corrected chi connectivity index (χ2v) is 14.7. The van der Waals surface area contributed by atoms with Crippen LogP contribution >= 0.6 is 0 Å². The number of nitrogens with zero attached hydrogens (tertiary/aromatic N) is 1. The van der Waals surface area contributed by atoms with E-state index in [0.717, 1.165) is 24.0 Å². The van der Waals surface area contributed by atoms with Crippen molar-refractivity contribution in [2.75, 3.05) is 6.54 Å². The number of nitrogens with one attached hydrogen (secondary N) is 2. The van der Waals surface area contributed by atoms with Crippen LogP contribution in [0.3, 0.4) is 0 Å². The number of phenolic OH excluding ortho intramolecular Hbond substituents is 1. The standard InChI is InChI=1S/C41H55N3O7/c1-9-11-25-44(37(47)33(43-39(49)51-41(6,7)8)26-30-19-23-32(45)24-20-30)35(31-21-17-28(10-2)18-22-31)36(46)42-34(38(48)50-40(3,4)5)27-29-15-13-12-14-16-29/h12-24,33-35,45H,9-11,25-27H2,1-8H3,(H,42,46)(H,43,49). The van der Waals surface area contributed by atoms with Gasteiger partial charge >= 0.3 is 12.1 Å². The molecule has 51 heavy (non-hydrogen) atoms. The maximum atomic E-state index is 14.8. The number of hydrogen-bond donors (Lipinski definition) is 3. The van der Waals surface area contributed by atoms with Gasteiger partial charge in [0.25, 0.3) is 0 Å². The highest BCUT2D eigenvalue weighted by atomic mass is 16.6. The fourth-order valence-corrected chi connectivity index (χ4v) is 5.49. The van der Waals surface area contributed by atoms with Crippen molar-refractivity contribution < 1.29 is 33.8 Å². The Bertz CT molecular complexity index is 1580. The molecule has 0 spiro atoms. The smallest absolute Gasteiger partial charge is 0.408 e. The molecule has 276 valence electrons. The van der Waals surface area contributed by atoms with Crippen LogP contribution in [-0.4, -0.2) is 63.7 Å². The van der Waals surface area contributed by atoms with Crippen LogP contribution in [0.4, 0.5) is 4.79 Å². The van der Waals surface area contributed by atoms with Crippen molar-refractivity contribution in [2.45, 2.75) is 117 Å². The number of phenols is 1. The molecule has 0 aromatic heterocycles. The number of benzene rings is 3. The molecule has 3 amide bonds. The number of carbonyl (C=O) groups is 4. The minimum Gasteiger partial charge on any atom is -0.508 e. The van der Waals surface area contributed by atoms with Gasteiger partial charge in [-0.2, -0.15) is 0 Å². The maximum Gasteiger partial charge on any atom is 0.408 e. The van der Waals surface area contributed by atoms with E-state index in [0.29, 0.717) is 17.5 Å². The zero-order valence-corrected chi connectivity index (χ0v) is 31.3. The molecule has 0 heterocycles. The summed E-state index contributed by atoms with van der Waals surface area (Å²) in [6.07, 6.45) is 1.54. The predicted molar refractivity (Wildman–Crippen MR) is 198 cm³/mol. The second-order valence-electron chi connectivity index (χ2n) is 14.7. The van der Waals surface area contributed by atoms with Crippen molar-refractivity contribution in [1.29, 1.82) is 0 Å². The molecule has 3 aromatic rings. The van der Waals surface area contributed by atoms with Crippen LogP contribution in [0.1, 0.15) is 96.5 Å². The normalized spacial score (nSPS) is 13.3. The third-order valence-electron chi connectivity index (χ3n) is 7.96. The molecule has 0 aliphatic carbocycles. The summed E-state index contributed by atoms with van der Waals surface area (Å²) in [5.41, 5.74) is 1.49. The van der Waals surface area contributed by atoms with E-state index >= 15 is 0 Å². The maximum absolute atomic E-state index is 14.8. The van der Waals surface area contributed by atoms with E-state index in [1.165, 1.54) is 17.0 Å². The Balaban J connectivity index is 2.12. The van der Waals surface area contributed by atoms with Crippen LogP contribution in [-0.2, 0) is 43.1 Å². The van der Waals surface area contributed by atoms with Gasteiger partial charge in [0, 0.05) is 19.4 Å². The molecule has 3 rings (SSSR count). The van der Waals surface area contributed by atoms with Gasteiger partial charge in [0.05, 0.1) is 0 Å². The Morgan fingerprint density at radius 1 is 0.706 bits per heavy atom. The number of amides is 3. The Morgan fingerprint density at radius 3 is 1.80 bits per heavy atom. The number of aromatic hydroxyl groups is 1. The summed E-state index contributed by atoms with van der Waals surface area (Å²) < 4.78 is 11.3. The SMILES string of the molecule is CCCCN(C(=O)C(Cc1ccc(O)cc1)NC(=O)OC(C)(C)C)C(C(=O)NC(Cc1ccccc1)C(=O)OC(C)(C)C)c1ccc(CC)cc1. The minimum atomic E-state index is -1.15. The minimum absolute atomic E-state index is 0.0635. The number of hydrogen-bond acceptors (Lipinski definition) is 7. The van der Waals surface area contributed by atoms with Crippen LogP contribution in [0, 0.1) is 0 Å². The number of carbonyl (C=O) groups excluding carboxylic acids is 4. The molecule has 0 aliphatic rings. The fourth-order valence-electron chi connectivity index (χ4n) is 5.49. The average Bonchev–Trinajstić information content (AvgIpc) is 3.05. The van der Waals surface area contributed by atoms with Gasteiger partial charge in [-0.15, -0.1) is 0 Å². The van der Waals surface area contributed by atoms with Crippen LogP contribution in [0.15, 0.2) is 78.9 Å². The number of aryl methyl sites for hydroxylation is 1. The quantitative estimate of drug-likeness (QED) is 0.148. The molecule has 3 atom stereocenters. The lowest BCUT2D eigenvalue weighted by Gasteiger charge is -2.35. The highest BCUT2D eigenvalue weighted by molar-refractivity contribution is 5.94. The van der Waals surface area contributed by atoms with Crippen molar-refractivity contribution in [3.8, 4) is 5.75 Å². The van der Waals surface area contributed by atoms with Crippen molar-refractivity contribution in [3.05, 3.63) is 101 Å². The first-order chi connectivity index (χ1) is 24.0. The van der Waals surface area contributed by atoms with E-state index in [-0.39, 0.29) is 25.1 Å². The summed E-state index contributed by atoms with van der Waals surface area (Å²) in [4.78, 5) is 57.7. The Kier molecular flexibility index (Phi) is 14.6. The number of rotatable bonds is 15. The average molecular weight is 702 g/mol. The van der Waals surface area contributed by atoms with Gasteiger partial charge < -0.3 is 30.1 Å². The van der Waals surface area contributed by atoms with Gasteiger partial charge in [0.1, 0.15) is 35.1 Å². The van der Waals surface area contributed by atoms with Crippen molar-refractivity contribution in [1.82, 2.24) is 15.5 Å². The lowest BCUT2D eigenvalue weighted by atomic mass is 9.97. The Morgan fingerprint density at radius 2 is 1.25 bits per heavy atom. The molecule has 3 unspecified atom stereocenters. The van der Waals surface area contributed by atoms with Crippen molar-refractivity contribution >= 4 is 23.9 Å². The van der Waals surface area contributed by atoms with E-state index in [9.17, 15) is 24.3 Å². The molecule has 0 saturated heterocycles. The van der Waals surface area contributed by atoms with Gasteiger partial charge in [0.2, 0.25) is 11.8 Å². The van der Waals surface area contributed by atoms with Crippen LogP contribution in [0.25, 0.3) is 0 Å². The molecule has 3 N–H and O–H groups in total. The number of alkyl carbamates (subject to hydrolysis) is 1. The van der Waals surface area contributed by atoms with Crippen LogP contribution in [0.5, 0.6) is 5.75 Å². The van der Waals surface area contributed by atoms with E-state index in [4.69, 9.17) is 9.47 Å². The summed E-state index contributed by atoms with van der Waals surface area (Å²) in [6, 6.07) is 19.9. The van der Waals surface area contributed by atoms with E-state index < -0.39 is 53.2 Å². The lowest BCUT2D eigenvalue weighted by Crippen LogP contribution is -2.55. The van der Waals surface area contributed by atoms with Crippen molar-refractivity contribution in [3.63, 3.8) is 0 Å². The van der Waals surface area contributed by atoms with Gasteiger partial charge in [-0.1, -0.05) is 87.0 Å². The molecule has 0 saturated carbocycles. The summed E-state index contributed by atoms with van der Waals surface area (Å²) in [6.45, 7) is 14.7. The molecule has 0 radical (unpaired) electrons. The second kappa shape index (κ2) is 18.4. The van der Waals surface area contributed by atoms with Crippen molar-refractivity contribution in [2.24, 2.45) is 0 Å². The Hall–Kier alpha value is -4.86. The lowest BCUT2D eigenvalue weighted by molar-refractivity contribution is -0.159. The van der Waals surface area contributed by atoms with Crippen LogP contribution in [0.2, 0.25) is 0 Å². The van der Waals surface area contributed by atoms with Gasteiger partial charge in [-0.3, -0.25) is 9.59 Å². The van der Waals surface area contributed by atoms with E-state index in [1.54, 1.807) is 53.7 Å². The van der Waals surface area contributed by atoms with Gasteiger partial charge in [-0.05, 0) is 88.8 Å². The third kappa shape index (κ3) is 13.4. The summed E-state index contributed by atoms with van der Waals surface area (Å²) in [7, 11) is 0. The number of esters is 1. The summed E-state index contributed by atoms with van der Waals surface area (Å²) in [5, 5.41) is 15.6. The Labute approximate surface area is 302 Å². The van der Waals surface area contributed by atoms with Gasteiger partial charge in [-0.25, -0.2) is 9.59 Å². The molecule has 0 aliphatic heterocycles. The molecule has 0 bridgehead atoms. The molecular formula is C41H55N3O7. The summed E-state index contributed by atoms with van der Waals surface area (Å²) in [5.74, 6) is -1.59. The van der Waals surface area contributed by atoms with E-state index in [2.05, 4.69) is 10.6 Å². The van der Waals surface area contributed by atoms with Crippen LogP contribution < -0.4 is 10.6 Å². The molecule has 0 fully saturated rings. The van der Waals surface area contributed by atoms with Gasteiger partial charge in [0.15, 0.2) is 0 Å². The molecule has 10 heteroatoms. The summed E-state index contributed by atoms with van der Waals surface area (Å²) >= 11 is 0. The molecular weight excluding hydrogens is 646 g/mol. The largest absolute Gasteiger partial charge is 0.508 e. The topological polar surface area (TPSA) is 134 Å². The first-order valence-corrected chi connectivity index (χ1v) is 17.7. The molecule has 10 nitrogen and oxygen atoms in total. The first kappa shape index (κ1) is 40.6. The zero-order chi connectivity index (χ0) is 37.8.